The summed E-state index contributed by atoms with van der Waals surface area (Å²) in [5.41, 5.74) is 1.01. The number of methoxy groups -OCH3 is 1. The van der Waals surface area contributed by atoms with Crippen molar-refractivity contribution in [2.45, 2.75) is 91.3 Å². The van der Waals surface area contributed by atoms with Gasteiger partial charge in [0, 0.05) is 6.42 Å². The van der Waals surface area contributed by atoms with Crippen LogP contribution in [0.1, 0.15) is 73.1 Å². The number of allylic oxidation sites excluding steroid dienone is 7. The van der Waals surface area contributed by atoms with Gasteiger partial charge in [0.15, 0.2) is 0 Å². The monoisotopic (exact) mass is 590 g/mol. The molecule has 0 saturated carbocycles. The fraction of sp³-hybridized carbons (Fsp3) is 0.533. The largest absolute Gasteiger partial charge is 0.497 e. The minimum atomic E-state index is -1.32. The fourth-order valence-electron chi connectivity index (χ4n) is 3.61. The van der Waals surface area contributed by atoms with E-state index in [4.69, 9.17) is 9.84 Å². The summed E-state index contributed by atoms with van der Waals surface area (Å²) >= 11 is 0. The van der Waals surface area contributed by atoms with Gasteiger partial charge in [-0.25, -0.2) is 0 Å². The van der Waals surface area contributed by atoms with Gasteiger partial charge in [-0.1, -0.05) is 43.2 Å². The van der Waals surface area contributed by atoms with Gasteiger partial charge in [-0.3, -0.25) is 28.8 Å². The fourth-order valence-corrected chi connectivity index (χ4v) is 3.61. The van der Waals surface area contributed by atoms with Gasteiger partial charge in [0.2, 0.25) is 23.5 Å². The van der Waals surface area contributed by atoms with Crippen molar-refractivity contribution < 1.29 is 38.6 Å². The van der Waals surface area contributed by atoms with Crippen molar-refractivity contribution in [1.82, 2.24) is 21.3 Å². The molecule has 0 rings (SSSR count). The van der Waals surface area contributed by atoms with E-state index < -0.39 is 54.1 Å². The first-order chi connectivity index (χ1) is 19.9. The molecular formula is C30H46N4O8. The lowest BCUT2D eigenvalue weighted by atomic mass is 10.0. The SMILES string of the molecule is C/C=C\C=C(/C)CCC(=O)NC(C)C(=O)NC(CC/C=C(\C=C/C)OC)C(=O)NC(CCC)C(=O)C(=O)NCC(=O)O. The van der Waals surface area contributed by atoms with Crippen LogP contribution in [0.4, 0.5) is 0 Å². The Bertz CT molecular complexity index is 1060. The van der Waals surface area contributed by atoms with Crippen LogP contribution < -0.4 is 21.3 Å². The van der Waals surface area contributed by atoms with Crippen LogP contribution >= 0.6 is 0 Å². The topological polar surface area (TPSA) is 180 Å². The van der Waals surface area contributed by atoms with E-state index in [2.05, 4.69) is 16.0 Å². The number of aliphatic carboxylic acids is 1. The normalized spacial score (nSPS) is 14.1. The Hall–Kier alpha value is -4.22. The van der Waals surface area contributed by atoms with Crippen LogP contribution in [0.15, 0.2) is 47.8 Å². The second kappa shape index (κ2) is 21.5. The molecular weight excluding hydrogens is 544 g/mol. The highest BCUT2D eigenvalue weighted by atomic mass is 16.5. The first kappa shape index (κ1) is 37.8. The zero-order valence-electron chi connectivity index (χ0n) is 25.5. The van der Waals surface area contributed by atoms with Crippen LogP contribution in [-0.4, -0.2) is 72.3 Å². The number of carboxylic acids is 1. The number of ether oxygens (including phenoxy) is 1. The highest BCUT2D eigenvalue weighted by Gasteiger charge is 2.30. The van der Waals surface area contributed by atoms with Gasteiger partial charge < -0.3 is 31.1 Å². The van der Waals surface area contributed by atoms with E-state index in [9.17, 15) is 28.8 Å². The Kier molecular flexibility index (Phi) is 19.4. The second-order valence-corrected chi connectivity index (χ2v) is 9.57. The first-order valence-electron chi connectivity index (χ1n) is 14.0. The number of nitrogens with one attached hydrogen (secondary N) is 4. The standard InChI is InChI=1S/C30H46N4O8/c1-7-10-14-20(4)17-18-25(35)32-21(5)28(39)34-24(16-11-15-22(42-6)12-8-2)29(40)33-23(13-9-3)27(38)30(41)31-19-26(36)37/h7-8,10,12,14-15,21,23-24H,9,11,13,16-19H2,1-6H3,(H,31,41)(H,32,35)(H,33,40)(H,34,39)(H,36,37)/b10-7-,12-8-,20-14+,22-15+. The predicted molar refractivity (Wildman–Crippen MR) is 159 cm³/mol. The number of amides is 4. The molecule has 4 amide bonds. The molecule has 0 aliphatic heterocycles. The van der Waals surface area contributed by atoms with E-state index in [1.807, 2.05) is 44.3 Å². The summed E-state index contributed by atoms with van der Waals surface area (Å²) in [4.78, 5) is 74.2. The highest BCUT2D eigenvalue weighted by Crippen LogP contribution is 2.08. The smallest absolute Gasteiger partial charge is 0.322 e. The third-order valence-electron chi connectivity index (χ3n) is 5.93. The van der Waals surface area contributed by atoms with Gasteiger partial charge in [-0.2, -0.15) is 0 Å². The Morgan fingerprint density at radius 1 is 0.905 bits per heavy atom. The molecule has 0 aliphatic rings. The van der Waals surface area contributed by atoms with Crippen molar-refractivity contribution in [3.63, 3.8) is 0 Å². The number of hydrogen-bond donors (Lipinski definition) is 5. The summed E-state index contributed by atoms with van der Waals surface area (Å²) in [7, 11) is 1.50. The average Bonchev–Trinajstić information content (AvgIpc) is 2.95. The van der Waals surface area contributed by atoms with E-state index in [-0.39, 0.29) is 25.2 Å². The van der Waals surface area contributed by atoms with Gasteiger partial charge in [0.05, 0.1) is 13.2 Å². The molecule has 5 N–H and O–H groups in total. The molecule has 0 aliphatic carbocycles. The van der Waals surface area contributed by atoms with Crippen molar-refractivity contribution in [2.24, 2.45) is 0 Å². The summed E-state index contributed by atoms with van der Waals surface area (Å²) in [5.74, 6) is -4.54. The van der Waals surface area contributed by atoms with E-state index in [1.54, 1.807) is 25.2 Å². The molecule has 0 spiro atoms. The second-order valence-electron chi connectivity index (χ2n) is 9.57. The molecule has 0 bridgehead atoms. The molecule has 0 aromatic carbocycles. The van der Waals surface area contributed by atoms with Gasteiger partial charge in [-0.15, -0.1) is 0 Å². The first-order valence-corrected chi connectivity index (χ1v) is 14.0. The number of ketones is 1. The predicted octanol–water partition coefficient (Wildman–Crippen LogP) is 2.22. The van der Waals surface area contributed by atoms with Crippen molar-refractivity contribution >= 4 is 35.4 Å². The quantitative estimate of drug-likeness (QED) is 0.0813. The van der Waals surface area contributed by atoms with Gasteiger partial charge in [-0.05, 0) is 65.5 Å². The lowest BCUT2D eigenvalue weighted by Crippen LogP contribution is -2.56. The number of Topliss-reactive ketones (excluding diaryl/α,β-unsaturated/α-hetero) is 1. The van der Waals surface area contributed by atoms with Crippen LogP contribution in [0.3, 0.4) is 0 Å². The lowest BCUT2D eigenvalue weighted by Gasteiger charge is -2.24. The van der Waals surface area contributed by atoms with E-state index >= 15 is 0 Å². The Morgan fingerprint density at radius 2 is 1.57 bits per heavy atom. The van der Waals surface area contributed by atoms with Crippen LogP contribution in [0.25, 0.3) is 0 Å². The molecule has 3 atom stereocenters. The number of carbonyl (C=O) groups is 6. The summed E-state index contributed by atoms with van der Waals surface area (Å²) in [5, 5.41) is 18.5. The molecule has 0 aromatic heterocycles. The average molecular weight is 591 g/mol. The zero-order chi connectivity index (χ0) is 32.1. The maximum atomic E-state index is 13.3. The van der Waals surface area contributed by atoms with Crippen LogP contribution in [-0.2, 0) is 33.5 Å². The molecule has 234 valence electrons. The van der Waals surface area contributed by atoms with E-state index in [0.29, 0.717) is 25.0 Å². The number of carboxylic acid groups (broad SMARTS) is 1. The summed E-state index contributed by atoms with van der Waals surface area (Å²) in [6.07, 6.45) is 12.6. The molecule has 42 heavy (non-hydrogen) atoms. The maximum absolute atomic E-state index is 13.3. The Balaban J connectivity index is 5.64. The molecule has 12 nitrogen and oxygen atoms in total. The minimum Gasteiger partial charge on any atom is -0.497 e. The molecule has 3 unspecified atom stereocenters. The Morgan fingerprint density at radius 3 is 2.14 bits per heavy atom. The van der Waals surface area contributed by atoms with Crippen molar-refractivity contribution in [1.29, 1.82) is 0 Å². The van der Waals surface area contributed by atoms with Crippen molar-refractivity contribution in [3.05, 3.63) is 47.8 Å². The lowest BCUT2D eigenvalue weighted by molar-refractivity contribution is -0.143. The third kappa shape index (κ3) is 16.1. The molecule has 0 heterocycles. The van der Waals surface area contributed by atoms with Crippen molar-refractivity contribution in [2.75, 3.05) is 13.7 Å². The summed E-state index contributed by atoms with van der Waals surface area (Å²) < 4.78 is 5.25. The molecule has 0 fully saturated rings. The molecule has 0 saturated heterocycles. The maximum Gasteiger partial charge on any atom is 0.322 e. The molecule has 0 aromatic rings. The van der Waals surface area contributed by atoms with E-state index in [1.165, 1.54) is 14.0 Å². The number of rotatable bonds is 20. The van der Waals surface area contributed by atoms with Gasteiger partial charge >= 0.3 is 5.97 Å². The molecule has 0 radical (unpaired) electrons. The third-order valence-corrected chi connectivity index (χ3v) is 5.93. The van der Waals surface area contributed by atoms with Crippen LogP contribution in [0.5, 0.6) is 0 Å². The zero-order valence-corrected chi connectivity index (χ0v) is 25.5. The van der Waals surface area contributed by atoms with Crippen molar-refractivity contribution in [3.8, 4) is 0 Å². The summed E-state index contributed by atoms with van der Waals surface area (Å²) in [6, 6.07) is -3.28. The van der Waals surface area contributed by atoms with Crippen LogP contribution in [0, 0.1) is 0 Å². The summed E-state index contributed by atoms with van der Waals surface area (Å²) in [6.45, 7) is 8.11. The van der Waals surface area contributed by atoms with Crippen LogP contribution in [0.2, 0.25) is 0 Å². The van der Waals surface area contributed by atoms with E-state index in [0.717, 1.165) is 5.57 Å². The molecule has 12 heteroatoms. The van der Waals surface area contributed by atoms with Gasteiger partial charge in [0.25, 0.3) is 5.91 Å². The number of hydrogen-bond acceptors (Lipinski definition) is 7. The van der Waals surface area contributed by atoms with Gasteiger partial charge in [0.1, 0.15) is 24.4 Å². The Labute approximate surface area is 248 Å². The highest BCUT2D eigenvalue weighted by molar-refractivity contribution is 6.38. The minimum absolute atomic E-state index is 0.120. The number of carbonyl (C=O) groups excluding carboxylic acids is 5.